The Morgan fingerprint density at radius 1 is 0.571 bits per heavy atom. The van der Waals surface area contributed by atoms with Crippen LogP contribution in [0.4, 0.5) is 0 Å². The van der Waals surface area contributed by atoms with Gasteiger partial charge in [0.15, 0.2) is 16.6 Å². The van der Waals surface area contributed by atoms with Crippen molar-refractivity contribution in [2.24, 2.45) is 5.41 Å². The Morgan fingerprint density at radius 2 is 0.905 bits per heavy atom. The third-order valence-corrected chi connectivity index (χ3v) is 20.0. The Bertz CT molecular complexity index is 1040. The Balaban J connectivity index is 0.00000294. The minimum absolute atomic E-state index is 0. The molecule has 2 nitrogen and oxygen atoms in total. The normalized spacial score (nSPS) is 17.2. The van der Waals surface area contributed by atoms with Crippen LogP contribution in [0.1, 0.15) is 88.5 Å². The maximum absolute atomic E-state index is 7.00. The second-order valence-corrected chi connectivity index (χ2v) is 21.4. The summed E-state index contributed by atoms with van der Waals surface area (Å²) in [6.45, 7) is 15.8. The smallest absolute Gasteiger partial charge is 1.00 e. The van der Waals surface area contributed by atoms with Crippen molar-refractivity contribution in [3.63, 3.8) is 0 Å². The molecule has 0 N–H and O–H groups in total. The SMILES string of the molecule is CC[Si](CC)(CC)OCCC(CCO[Si](CC)(CC)CC)(C1C=Cc2ccccc21)C1C=Cc2ccccc21.[Cl-].[Cl-].[Zr+2]. The average molecular weight is 723 g/mol. The van der Waals surface area contributed by atoms with Crippen molar-refractivity contribution >= 4 is 28.8 Å². The predicted molar refractivity (Wildman–Crippen MR) is 174 cm³/mol. The van der Waals surface area contributed by atoms with E-state index in [0.717, 1.165) is 26.1 Å². The molecule has 0 aromatic heterocycles. The first-order chi connectivity index (χ1) is 19.0. The molecule has 2 aliphatic rings. The maximum Gasteiger partial charge on any atom is 2.00 e. The fraction of sp³-hybridized carbons (Fsp3) is 0.543. The minimum Gasteiger partial charge on any atom is -1.00 e. The van der Waals surface area contributed by atoms with Crippen molar-refractivity contribution in [1.82, 2.24) is 0 Å². The van der Waals surface area contributed by atoms with Gasteiger partial charge < -0.3 is 33.7 Å². The van der Waals surface area contributed by atoms with Crippen LogP contribution in [-0.4, -0.2) is 29.8 Å². The Kier molecular flexibility index (Phi) is 17.1. The van der Waals surface area contributed by atoms with Gasteiger partial charge in [0, 0.05) is 25.0 Å². The number of rotatable bonds is 16. The molecule has 0 heterocycles. The molecule has 2 aromatic carbocycles. The largest absolute Gasteiger partial charge is 2.00 e. The van der Waals surface area contributed by atoms with Gasteiger partial charge >= 0.3 is 26.2 Å². The van der Waals surface area contributed by atoms with Crippen molar-refractivity contribution in [1.29, 1.82) is 0 Å². The van der Waals surface area contributed by atoms with Crippen LogP contribution in [0.15, 0.2) is 60.7 Å². The van der Waals surface area contributed by atoms with Crippen LogP contribution in [0, 0.1) is 5.41 Å². The average Bonchev–Trinajstić information content (AvgIpc) is 3.63. The standard InChI is InChI=1S/C35H52O2Si2.2ClH.Zr/c1-7-38(8-2,9-3)36-27-25-35(26-28-37-39(10-4,11-5)12-6,33-23-21-29-17-13-15-19-31(29)33)34-24-22-30-18-14-16-20-32(30)34;;;/h13-24,33-34H,7-12,25-28H2,1-6H3;2*1H;/q;;;+2/p-2. The second kappa shape index (κ2) is 18.0. The number of hydrogen-bond donors (Lipinski definition) is 0. The van der Waals surface area contributed by atoms with Gasteiger partial charge in [0.1, 0.15) is 0 Å². The number of halogens is 2. The number of fused-ring (bicyclic) bond motifs is 2. The summed E-state index contributed by atoms with van der Waals surface area (Å²) in [4.78, 5) is 0. The third kappa shape index (κ3) is 8.11. The number of benzene rings is 2. The van der Waals surface area contributed by atoms with Gasteiger partial charge in [0.25, 0.3) is 0 Å². The minimum atomic E-state index is -1.68. The zero-order valence-electron chi connectivity index (χ0n) is 26.7. The van der Waals surface area contributed by atoms with E-state index < -0.39 is 16.6 Å². The third-order valence-electron chi connectivity index (χ3n) is 10.7. The van der Waals surface area contributed by atoms with Gasteiger partial charge in [-0.3, -0.25) is 0 Å². The van der Waals surface area contributed by atoms with E-state index >= 15 is 0 Å². The van der Waals surface area contributed by atoms with Gasteiger partial charge in [-0.25, -0.2) is 0 Å². The van der Waals surface area contributed by atoms with Crippen LogP contribution in [0.2, 0.25) is 36.3 Å². The summed E-state index contributed by atoms with van der Waals surface area (Å²) in [5, 5.41) is 0. The first-order valence-electron chi connectivity index (χ1n) is 15.8. The molecule has 42 heavy (non-hydrogen) atoms. The predicted octanol–water partition coefficient (Wildman–Crippen LogP) is 4.42. The van der Waals surface area contributed by atoms with Crippen LogP contribution in [0.3, 0.4) is 0 Å². The van der Waals surface area contributed by atoms with E-state index in [9.17, 15) is 0 Å². The van der Waals surface area contributed by atoms with Crippen LogP contribution in [-0.2, 0) is 35.1 Å². The van der Waals surface area contributed by atoms with Gasteiger partial charge in [0.2, 0.25) is 0 Å². The zero-order chi connectivity index (χ0) is 27.9. The first-order valence-corrected chi connectivity index (χ1v) is 20.8. The molecule has 0 saturated carbocycles. The molecule has 2 aromatic rings. The van der Waals surface area contributed by atoms with Gasteiger partial charge in [-0.2, -0.15) is 0 Å². The van der Waals surface area contributed by atoms with E-state index in [0.29, 0.717) is 11.8 Å². The molecule has 7 heteroatoms. The monoisotopic (exact) mass is 720 g/mol. The Labute approximate surface area is 290 Å². The van der Waals surface area contributed by atoms with E-state index in [1.54, 1.807) is 0 Å². The Hall–Kier alpha value is -0.263. The topological polar surface area (TPSA) is 18.5 Å². The molecule has 2 atom stereocenters. The van der Waals surface area contributed by atoms with Crippen LogP contribution in [0.5, 0.6) is 0 Å². The summed E-state index contributed by atoms with van der Waals surface area (Å²) >= 11 is 0. The van der Waals surface area contributed by atoms with E-state index in [2.05, 4.69) is 114 Å². The van der Waals surface area contributed by atoms with Gasteiger partial charge in [0.05, 0.1) is 0 Å². The summed E-state index contributed by atoms with van der Waals surface area (Å²) < 4.78 is 14.0. The van der Waals surface area contributed by atoms with Crippen LogP contribution >= 0.6 is 0 Å². The van der Waals surface area contributed by atoms with Crippen LogP contribution in [0.25, 0.3) is 12.2 Å². The molecule has 0 amide bonds. The molecule has 0 radical (unpaired) electrons. The van der Waals surface area contributed by atoms with Crippen molar-refractivity contribution < 1.29 is 59.9 Å². The summed E-state index contributed by atoms with van der Waals surface area (Å²) in [5.74, 6) is 0.701. The van der Waals surface area contributed by atoms with Gasteiger partial charge in [-0.1, -0.05) is 114 Å². The van der Waals surface area contributed by atoms with Crippen molar-refractivity contribution in [3.05, 3.63) is 82.9 Å². The van der Waals surface area contributed by atoms with Gasteiger partial charge in [-0.05, 0) is 76.8 Å². The molecule has 2 unspecified atom stereocenters. The van der Waals surface area contributed by atoms with E-state index in [1.165, 1.54) is 58.5 Å². The van der Waals surface area contributed by atoms with E-state index in [1.807, 2.05) is 0 Å². The molecule has 230 valence electrons. The molecule has 2 aliphatic carbocycles. The van der Waals surface area contributed by atoms with Gasteiger partial charge in [-0.15, -0.1) is 0 Å². The fourth-order valence-electron chi connectivity index (χ4n) is 7.47. The molecule has 0 bridgehead atoms. The molecule has 0 spiro atoms. The second-order valence-electron chi connectivity index (χ2n) is 11.8. The fourth-order valence-corrected chi connectivity index (χ4v) is 12.8. The summed E-state index contributed by atoms with van der Waals surface area (Å²) in [6, 6.07) is 25.3. The van der Waals surface area contributed by atoms with Crippen LogP contribution < -0.4 is 24.8 Å². The molecular formula is C35H52Cl2O2Si2Zr. The maximum atomic E-state index is 7.00. The van der Waals surface area contributed by atoms with Crippen molar-refractivity contribution in [3.8, 4) is 0 Å². The summed E-state index contributed by atoms with van der Waals surface area (Å²) in [7, 11) is -3.36. The molecule has 0 saturated heterocycles. The summed E-state index contributed by atoms with van der Waals surface area (Å²) in [6.07, 6.45) is 11.9. The molecule has 4 rings (SSSR count). The molecular weight excluding hydrogens is 671 g/mol. The number of hydrogen-bond acceptors (Lipinski definition) is 2. The Morgan fingerprint density at radius 3 is 1.24 bits per heavy atom. The van der Waals surface area contributed by atoms with Crippen molar-refractivity contribution in [2.75, 3.05) is 13.2 Å². The molecule has 0 aliphatic heterocycles. The first kappa shape index (κ1) is 39.8. The van der Waals surface area contributed by atoms with Crippen molar-refractivity contribution in [2.45, 2.75) is 102 Å². The quantitative estimate of drug-likeness (QED) is 0.239. The zero-order valence-corrected chi connectivity index (χ0v) is 32.7. The number of allylic oxidation sites excluding steroid dienone is 2. The molecule has 0 fully saturated rings. The summed E-state index contributed by atoms with van der Waals surface area (Å²) in [5.41, 5.74) is 5.71. The van der Waals surface area contributed by atoms with E-state index in [-0.39, 0.29) is 56.4 Å². The van der Waals surface area contributed by atoms with E-state index in [4.69, 9.17) is 8.85 Å².